The molecule has 2 heterocycles. The van der Waals surface area contributed by atoms with Crippen LogP contribution in [0.5, 0.6) is 17.2 Å². The second kappa shape index (κ2) is 9.80. The summed E-state index contributed by atoms with van der Waals surface area (Å²) in [6, 6.07) is 12.7. The van der Waals surface area contributed by atoms with E-state index in [0.29, 0.717) is 29.5 Å². The number of amides is 2. The number of anilines is 2. The van der Waals surface area contributed by atoms with Crippen LogP contribution in [0.2, 0.25) is 0 Å². The molecule has 0 radical (unpaired) electrons. The zero-order valence-electron chi connectivity index (χ0n) is 18.5. The van der Waals surface area contributed by atoms with Gasteiger partial charge in [-0.05, 0) is 43.5 Å². The molecule has 8 nitrogen and oxygen atoms in total. The van der Waals surface area contributed by atoms with Gasteiger partial charge in [0.2, 0.25) is 5.91 Å². The lowest BCUT2D eigenvalue weighted by Gasteiger charge is -2.38. The fourth-order valence-electron chi connectivity index (χ4n) is 4.17. The van der Waals surface area contributed by atoms with E-state index in [1.54, 1.807) is 32.4 Å². The van der Waals surface area contributed by atoms with Crippen molar-refractivity contribution in [1.29, 1.82) is 0 Å². The molecule has 4 rings (SSSR count). The number of carbonyl (C=O) groups excluding carboxylic acids is 2. The number of benzene rings is 2. The lowest BCUT2D eigenvalue weighted by atomic mass is 10.1. The Labute approximate surface area is 188 Å². The average Bonchev–Trinajstić information content (AvgIpc) is 2.84. The van der Waals surface area contributed by atoms with Crippen molar-refractivity contribution in [2.45, 2.75) is 25.4 Å². The van der Waals surface area contributed by atoms with Gasteiger partial charge >= 0.3 is 0 Å². The fourth-order valence-corrected chi connectivity index (χ4v) is 4.17. The summed E-state index contributed by atoms with van der Waals surface area (Å²) in [5.74, 6) is 1.54. The first-order valence-corrected chi connectivity index (χ1v) is 10.9. The largest absolute Gasteiger partial charge is 0.497 e. The van der Waals surface area contributed by atoms with Crippen molar-refractivity contribution in [2.75, 3.05) is 50.6 Å². The summed E-state index contributed by atoms with van der Waals surface area (Å²) in [6.07, 6.45) is 2.56. The van der Waals surface area contributed by atoms with Gasteiger partial charge in [-0.2, -0.15) is 0 Å². The lowest BCUT2D eigenvalue weighted by Crippen LogP contribution is -2.52. The molecule has 1 saturated heterocycles. The first-order chi connectivity index (χ1) is 15.6. The molecule has 2 aromatic rings. The maximum absolute atomic E-state index is 13.1. The van der Waals surface area contributed by atoms with Gasteiger partial charge in [-0.15, -0.1) is 0 Å². The smallest absolute Gasteiger partial charge is 0.265 e. The van der Waals surface area contributed by atoms with Crippen LogP contribution < -0.4 is 24.4 Å². The van der Waals surface area contributed by atoms with Crippen LogP contribution in [-0.2, 0) is 9.59 Å². The first kappa shape index (κ1) is 21.8. The SMILES string of the molecule is COc1ccc(NC(=O)CN2C[C@@H](C(=O)N3CCCCC3)Oc3ccccc32)c(OC)c1. The summed E-state index contributed by atoms with van der Waals surface area (Å²) in [5, 5.41) is 2.90. The third kappa shape index (κ3) is 4.74. The molecule has 1 fully saturated rings. The van der Waals surface area contributed by atoms with Crippen molar-refractivity contribution < 1.29 is 23.8 Å². The van der Waals surface area contributed by atoms with Crippen molar-refractivity contribution in [3.63, 3.8) is 0 Å². The number of carbonyl (C=O) groups is 2. The Balaban J connectivity index is 1.49. The highest BCUT2D eigenvalue weighted by Crippen LogP contribution is 2.34. The van der Waals surface area contributed by atoms with Crippen LogP contribution in [0.15, 0.2) is 42.5 Å². The molecule has 2 aliphatic heterocycles. The molecule has 2 aromatic carbocycles. The normalized spacial score (nSPS) is 17.8. The summed E-state index contributed by atoms with van der Waals surface area (Å²) in [6.45, 7) is 1.93. The predicted molar refractivity (Wildman–Crippen MR) is 122 cm³/mol. The zero-order valence-corrected chi connectivity index (χ0v) is 18.5. The Bertz CT molecular complexity index is 974. The van der Waals surface area contributed by atoms with Crippen LogP contribution in [0.3, 0.4) is 0 Å². The molecule has 32 heavy (non-hydrogen) atoms. The van der Waals surface area contributed by atoms with E-state index in [1.807, 2.05) is 34.1 Å². The van der Waals surface area contributed by atoms with E-state index >= 15 is 0 Å². The highest BCUT2D eigenvalue weighted by Gasteiger charge is 2.34. The molecule has 0 saturated carbocycles. The van der Waals surface area contributed by atoms with Crippen LogP contribution in [0.1, 0.15) is 19.3 Å². The summed E-state index contributed by atoms with van der Waals surface area (Å²) < 4.78 is 16.6. The Kier molecular flexibility index (Phi) is 6.68. The number of nitrogens with one attached hydrogen (secondary N) is 1. The van der Waals surface area contributed by atoms with E-state index in [0.717, 1.165) is 38.0 Å². The quantitative estimate of drug-likeness (QED) is 0.746. The van der Waals surface area contributed by atoms with Gasteiger partial charge in [-0.3, -0.25) is 9.59 Å². The van der Waals surface area contributed by atoms with Crippen molar-refractivity contribution in [3.8, 4) is 17.2 Å². The van der Waals surface area contributed by atoms with Gasteiger partial charge in [0, 0.05) is 19.2 Å². The van der Waals surface area contributed by atoms with Crippen LogP contribution in [0.25, 0.3) is 0 Å². The minimum atomic E-state index is -0.633. The number of hydrogen-bond acceptors (Lipinski definition) is 6. The molecular weight excluding hydrogens is 410 g/mol. The van der Waals surface area contributed by atoms with Gasteiger partial charge in [0.05, 0.1) is 38.7 Å². The van der Waals surface area contributed by atoms with E-state index in [4.69, 9.17) is 14.2 Å². The van der Waals surface area contributed by atoms with E-state index in [9.17, 15) is 9.59 Å². The molecular formula is C24H29N3O5. The van der Waals surface area contributed by atoms with Crippen molar-refractivity contribution >= 4 is 23.2 Å². The fraction of sp³-hybridized carbons (Fsp3) is 0.417. The molecule has 1 N–H and O–H groups in total. The molecule has 0 aliphatic carbocycles. The van der Waals surface area contributed by atoms with Crippen LogP contribution >= 0.6 is 0 Å². The van der Waals surface area contributed by atoms with E-state index < -0.39 is 6.10 Å². The highest BCUT2D eigenvalue weighted by molar-refractivity contribution is 5.96. The Morgan fingerprint density at radius 3 is 2.59 bits per heavy atom. The second-order valence-electron chi connectivity index (χ2n) is 7.96. The van der Waals surface area contributed by atoms with Gasteiger partial charge in [0.15, 0.2) is 6.10 Å². The van der Waals surface area contributed by atoms with Gasteiger partial charge in [-0.1, -0.05) is 12.1 Å². The standard InChI is InChI=1S/C24H29N3O5/c1-30-17-10-11-18(21(14-17)31-2)25-23(28)16-27-15-22(24(29)26-12-6-3-7-13-26)32-20-9-5-4-8-19(20)27/h4-5,8-11,14,22H,3,6-7,12-13,15-16H2,1-2H3,(H,25,28)/t22-/m0/s1. The predicted octanol–water partition coefficient (Wildman–Crippen LogP) is 2.92. The summed E-state index contributed by atoms with van der Waals surface area (Å²) in [5.41, 5.74) is 1.35. The summed E-state index contributed by atoms with van der Waals surface area (Å²) in [7, 11) is 3.12. The van der Waals surface area contributed by atoms with Crippen molar-refractivity contribution in [2.24, 2.45) is 0 Å². The number of fused-ring (bicyclic) bond motifs is 1. The molecule has 2 aliphatic rings. The molecule has 0 bridgehead atoms. The van der Waals surface area contributed by atoms with Gasteiger partial charge in [0.1, 0.15) is 17.2 Å². The maximum Gasteiger partial charge on any atom is 0.265 e. The Morgan fingerprint density at radius 1 is 1.06 bits per heavy atom. The van der Waals surface area contributed by atoms with Gasteiger partial charge in [-0.25, -0.2) is 0 Å². The molecule has 2 amide bonds. The van der Waals surface area contributed by atoms with E-state index in [-0.39, 0.29) is 18.4 Å². The van der Waals surface area contributed by atoms with Gasteiger partial charge in [0.25, 0.3) is 5.91 Å². The van der Waals surface area contributed by atoms with E-state index in [1.165, 1.54) is 0 Å². The second-order valence-corrected chi connectivity index (χ2v) is 7.96. The monoisotopic (exact) mass is 439 g/mol. The zero-order chi connectivity index (χ0) is 22.5. The number of methoxy groups -OCH3 is 2. The molecule has 0 unspecified atom stereocenters. The maximum atomic E-state index is 13.1. The highest BCUT2D eigenvalue weighted by atomic mass is 16.5. The number of piperidine rings is 1. The van der Waals surface area contributed by atoms with Crippen molar-refractivity contribution in [1.82, 2.24) is 4.90 Å². The van der Waals surface area contributed by atoms with Gasteiger partial charge < -0.3 is 29.3 Å². The molecule has 0 spiro atoms. The number of ether oxygens (including phenoxy) is 3. The molecule has 8 heteroatoms. The Hall–Kier alpha value is -3.42. The number of nitrogens with zero attached hydrogens (tertiary/aromatic N) is 2. The lowest BCUT2D eigenvalue weighted by molar-refractivity contribution is -0.139. The average molecular weight is 440 g/mol. The summed E-state index contributed by atoms with van der Waals surface area (Å²) >= 11 is 0. The van der Waals surface area contributed by atoms with Crippen molar-refractivity contribution in [3.05, 3.63) is 42.5 Å². The minimum absolute atomic E-state index is 0.0126. The number of para-hydroxylation sites is 2. The third-order valence-corrected chi connectivity index (χ3v) is 5.82. The molecule has 1 atom stereocenters. The number of likely N-dealkylation sites (tertiary alicyclic amines) is 1. The van der Waals surface area contributed by atoms with Crippen LogP contribution in [0, 0.1) is 0 Å². The number of hydrogen-bond donors (Lipinski definition) is 1. The van der Waals surface area contributed by atoms with E-state index in [2.05, 4.69) is 5.32 Å². The molecule has 170 valence electrons. The topological polar surface area (TPSA) is 80.3 Å². The summed E-state index contributed by atoms with van der Waals surface area (Å²) in [4.78, 5) is 29.8. The van der Waals surface area contributed by atoms with Crippen LogP contribution in [-0.4, -0.2) is 63.2 Å². The minimum Gasteiger partial charge on any atom is -0.497 e. The molecule has 0 aromatic heterocycles. The Morgan fingerprint density at radius 2 is 1.84 bits per heavy atom. The third-order valence-electron chi connectivity index (χ3n) is 5.82. The van der Waals surface area contributed by atoms with Crippen LogP contribution in [0.4, 0.5) is 11.4 Å². The number of rotatable bonds is 6. The first-order valence-electron chi connectivity index (χ1n) is 10.9.